The van der Waals surface area contributed by atoms with Crippen molar-refractivity contribution in [2.24, 2.45) is 11.8 Å². The summed E-state index contributed by atoms with van der Waals surface area (Å²) in [5.74, 6) is 0.913. The number of aliphatic hydroxyl groups is 1. The van der Waals surface area contributed by atoms with Crippen molar-refractivity contribution in [3.05, 3.63) is 35.5 Å². The molecular formula is C22H20N4O4S. The standard InChI is InChI=1S/C22H20N4O4S/c1-3-11-10-26-5-4-12(11)6-16(26)20(27)18-13(8-23)15(9-24)25-14-7-17-21(30-2)22(19(14)18)31(17,28)29/h3,7,11-12,16,20,27H,1,4-6,10H2,2H3/t11-,12-,16+,20+/m0/s1. The molecule has 31 heavy (non-hydrogen) atoms. The summed E-state index contributed by atoms with van der Waals surface area (Å²) in [6.07, 6.45) is 2.50. The maximum absolute atomic E-state index is 12.8. The first-order valence-corrected chi connectivity index (χ1v) is 11.5. The first-order valence-electron chi connectivity index (χ1n) is 10.1. The van der Waals surface area contributed by atoms with Crippen LogP contribution in [0.25, 0.3) is 10.9 Å². The van der Waals surface area contributed by atoms with Crippen molar-refractivity contribution < 1.29 is 18.3 Å². The van der Waals surface area contributed by atoms with Gasteiger partial charge in [0.15, 0.2) is 11.4 Å². The number of aliphatic hydroxyl groups excluding tert-OH is 1. The number of hydrogen-bond acceptors (Lipinski definition) is 8. The topological polar surface area (TPSA) is 127 Å². The number of pyridine rings is 1. The SMILES string of the molecule is C=C[C@H]1CN2CC[C@H]1C[C@@H]2[C@@H](O)c1c(C#N)c(C#N)nc2cc3c(OC)c(c12)S3(=O)=O. The Morgan fingerprint density at radius 2 is 2.19 bits per heavy atom. The van der Waals surface area contributed by atoms with E-state index >= 15 is 0 Å². The van der Waals surface area contributed by atoms with E-state index in [4.69, 9.17) is 4.74 Å². The first kappa shape index (κ1) is 20.0. The lowest BCUT2D eigenvalue weighted by Crippen LogP contribution is -2.55. The Kier molecular flexibility index (Phi) is 4.35. The van der Waals surface area contributed by atoms with Gasteiger partial charge in [0.2, 0.25) is 9.84 Å². The molecule has 1 aromatic heterocycles. The highest BCUT2D eigenvalue weighted by molar-refractivity contribution is 7.93. The molecule has 9 heteroatoms. The van der Waals surface area contributed by atoms with Crippen LogP contribution in [0.1, 0.15) is 35.8 Å². The summed E-state index contributed by atoms with van der Waals surface area (Å²) in [6, 6.07) is 4.98. The number of methoxy groups -OCH3 is 1. The smallest absolute Gasteiger partial charge is 0.214 e. The van der Waals surface area contributed by atoms with E-state index in [1.807, 2.05) is 18.2 Å². The van der Waals surface area contributed by atoms with E-state index in [0.29, 0.717) is 18.3 Å². The summed E-state index contributed by atoms with van der Waals surface area (Å²) in [5.41, 5.74) is 0.217. The van der Waals surface area contributed by atoms with E-state index in [9.17, 15) is 24.0 Å². The van der Waals surface area contributed by atoms with Gasteiger partial charge in [-0.1, -0.05) is 6.08 Å². The lowest BCUT2D eigenvalue weighted by atomic mass is 9.73. The molecule has 0 spiro atoms. The lowest BCUT2D eigenvalue weighted by molar-refractivity contribution is -0.0446. The van der Waals surface area contributed by atoms with Crippen molar-refractivity contribution in [3.8, 4) is 17.9 Å². The Labute approximate surface area is 179 Å². The average Bonchev–Trinajstić information content (AvgIpc) is 2.80. The molecule has 3 saturated heterocycles. The summed E-state index contributed by atoms with van der Waals surface area (Å²) >= 11 is 0. The number of sulfone groups is 1. The molecule has 5 aliphatic heterocycles. The zero-order valence-corrected chi connectivity index (χ0v) is 17.7. The zero-order chi connectivity index (χ0) is 22.1. The van der Waals surface area contributed by atoms with Crippen LogP contribution in [-0.4, -0.2) is 49.6 Å². The van der Waals surface area contributed by atoms with Gasteiger partial charge in [0, 0.05) is 23.5 Å². The van der Waals surface area contributed by atoms with Crippen LogP contribution in [0.15, 0.2) is 28.5 Å². The minimum Gasteiger partial charge on any atom is -0.494 e. The normalized spacial score (nSPS) is 28.3. The molecule has 0 radical (unpaired) electrons. The van der Waals surface area contributed by atoms with Crippen molar-refractivity contribution in [1.82, 2.24) is 9.88 Å². The molecule has 6 heterocycles. The molecule has 2 aromatic rings. The van der Waals surface area contributed by atoms with Gasteiger partial charge in [0.05, 0.1) is 24.3 Å². The molecule has 0 aliphatic carbocycles. The molecule has 5 aliphatic rings. The predicted octanol–water partition coefficient (Wildman–Crippen LogP) is 2.06. The second kappa shape index (κ2) is 6.76. The lowest BCUT2D eigenvalue weighted by Gasteiger charge is -2.50. The fraction of sp³-hybridized carbons (Fsp3) is 0.409. The molecule has 0 amide bonds. The van der Waals surface area contributed by atoms with E-state index in [1.54, 1.807) is 0 Å². The highest BCUT2D eigenvalue weighted by atomic mass is 32.2. The van der Waals surface area contributed by atoms with Crippen LogP contribution in [-0.2, 0) is 9.84 Å². The van der Waals surface area contributed by atoms with Crippen molar-refractivity contribution in [1.29, 1.82) is 10.5 Å². The van der Waals surface area contributed by atoms with E-state index in [1.165, 1.54) is 13.2 Å². The maximum Gasteiger partial charge on any atom is 0.214 e. The number of benzene rings is 1. The van der Waals surface area contributed by atoms with Crippen LogP contribution in [0.5, 0.6) is 5.75 Å². The Hall–Kier alpha value is -2.98. The quantitative estimate of drug-likeness (QED) is 0.616. The van der Waals surface area contributed by atoms with Crippen molar-refractivity contribution >= 4 is 20.7 Å². The van der Waals surface area contributed by atoms with Gasteiger partial charge in [-0.2, -0.15) is 10.5 Å². The number of hydrogen-bond donors (Lipinski definition) is 1. The summed E-state index contributed by atoms with van der Waals surface area (Å²) in [5, 5.41) is 31.1. The maximum atomic E-state index is 12.8. The number of rotatable bonds is 4. The summed E-state index contributed by atoms with van der Waals surface area (Å²) < 4.78 is 30.9. The summed E-state index contributed by atoms with van der Waals surface area (Å²) in [6.45, 7) is 5.48. The van der Waals surface area contributed by atoms with Crippen LogP contribution in [0.3, 0.4) is 0 Å². The first-order chi connectivity index (χ1) is 14.9. The average molecular weight is 436 g/mol. The Morgan fingerprint density at radius 3 is 2.77 bits per heavy atom. The van der Waals surface area contributed by atoms with Gasteiger partial charge in [-0.15, -0.1) is 6.58 Å². The van der Waals surface area contributed by atoms with E-state index in [-0.39, 0.29) is 49.3 Å². The molecule has 8 nitrogen and oxygen atoms in total. The minimum absolute atomic E-state index is 0.00772. The third-order valence-corrected chi connectivity index (χ3v) is 8.79. The molecule has 7 rings (SSSR count). The van der Waals surface area contributed by atoms with Crippen LogP contribution in [0.4, 0.5) is 0 Å². The van der Waals surface area contributed by atoms with Gasteiger partial charge in [-0.25, -0.2) is 13.4 Å². The van der Waals surface area contributed by atoms with Crippen LogP contribution in [0.2, 0.25) is 0 Å². The molecule has 1 aromatic carbocycles. The molecule has 158 valence electrons. The Morgan fingerprint density at radius 1 is 1.42 bits per heavy atom. The summed E-state index contributed by atoms with van der Waals surface area (Å²) in [4.78, 5) is 6.34. The number of fused-ring (bicyclic) bond motifs is 3. The van der Waals surface area contributed by atoms with Gasteiger partial charge in [-0.05, 0) is 37.3 Å². The van der Waals surface area contributed by atoms with Gasteiger partial charge >= 0.3 is 0 Å². The molecule has 5 atom stereocenters. The number of nitriles is 2. The Balaban J connectivity index is 1.76. The second-order valence-corrected chi connectivity index (χ2v) is 10.2. The van der Waals surface area contributed by atoms with Crippen molar-refractivity contribution in [2.75, 3.05) is 20.2 Å². The van der Waals surface area contributed by atoms with E-state index in [2.05, 4.69) is 16.5 Å². The molecular weight excluding hydrogens is 416 g/mol. The minimum atomic E-state index is -3.75. The van der Waals surface area contributed by atoms with E-state index in [0.717, 1.165) is 19.5 Å². The number of ether oxygens (including phenoxy) is 1. The largest absolute Gasteiger partial charge is 0.494 e. The van der Waals surface area contributed by atoms with Crippen LogP contribution < -0.4 is 4.74 Å². The third-order valence-electron chi connectivity index (χ3n) is 6.98. The number of nitrogens with zero attached hydrogens (tertiary/aromatic N) is 4. The molecule has 3 fully saturated rings. The molecule has 1 N–H and O–H groups in total. The number of aromatic nitrogens is 1. The highest BCUT2D eigenvalue weighted by Crippen LogP contribution is 2.53. The van der Waals surface area contributed by atoms with Crippen LogP contribution in [0, 0.1) is 34.5 Å². The van der Waals surface area contributed by atoms with Gasteiger partial charge in [-0.3, -0.25) is 4.90 Å². The van der Waals surface area contributed by atoms with Crippen molar-refractivity contribution in [2.45, 2.75) is 34.8 Å². The summed E-state index contributed by atoms with van der Waals surface area (Å²) in [7, 11) is -2.37. The fourth-order valence-electron chi connectivity index (χ4n) is 5.48. The number of piperidine rings is 3. The van der Waals surface area contributed by atoms with Crippen molar-refractivity contribution in [3.63, 3.8) is 0 Å². The monoisotopic (exact) mass is 436 g/mol. The van der Waals surface area contributed by atoms with Crippen LogP contribution >= 0.6 is 0 Å². The predicted molar refractivity (Wildman–Crippen MR) is 110 cm³/mol. The highest BCUT2D eigenvalue weighted by Gasteiger charge is 2.46. The fourth-order valence-corrected chi connectivity index (χ4v) is 7.17. The third kappa shape index (κ3) is 2.51. The molecule has 1 unspecified atom stereocenters. The molecule has 0 saturated carbocycles. The van der Waals surface area contributed by atoms with Gasteiger partial charge in [0.1, 0.15) is 21.9 Å². The molecule has 4 bridgehead atoms. The van der Waals surface area contributed by atoms with E-state index < -0.39 is 15.9 Å². The zero-order valence-electron chi connectivity index (χ0n) is 16.9. The second-order valence-electron chi connectivity index (χ2n) is 8.30. The Bertz CT molecular complexity index is 1340. The van der Waals surface area contributed by atoms with Gasteiger partial charge in [0.25, 0.3) is 0 Å². The van der Waals surface area contributed by atoms with Gasteiger partial charge < -0.3 is 9.84 Å².